The lowest BCUT2D eigenvalue weighted by molar-refractivity contribution is 0.141. The highest BCUT2D eigenvalue weighted by atomic mass is 35.5. The molecule has 0 spiro atoms. The highest BCUT2D eigenvalue weighted by molar-refractivity contribution is 6.29. The molecular formula is C17H10ClF2N5O3. The summed E-state index contributed by atoms with van der Waals surface area (Å²) in [5.41, 5.74) is -2.32. The number of alkyl halides is 2. The van der Waals surface area contributed by atoms with Gasteiger partial charge in [0.05, 0.1) is 18.4 Å². The van der Waals surface area contributed by atoms with E-state index in [2.05, 4.69) is 15.2 Å². The Morgan fingerprint density at radius 3 is 2.79 bits per heavy atom. The third-order valence-electron chi connectivity index (χ3n) is 3.64. The van der Waals surface area contributed by atoms with Crippen molar-refractivity contribution in [2.75, 3.05) is 0 Å². The molecule has 1 aromatic carbocycles. The first kappa shape index (κ1) is 19.2. The average Bonchev–Trinajstić information content (AvgIpc) is 2.68. The van der Waals surface area contributed by atoms with Crippen molar-refractivity contribution < 1.29 is 13.5 Å². The van der Waals surface area contributed by atoms with Crippen molar-refractivity contribution in [1.82, 2.24) is 19.7 Å². The number of H-pyrrole nitrogens is 1. The van der Waals surface area contributed by atoms with Crippen LogP contribution in [0.25, 0.3) is 0 Å². The Morgan fingerprint density at radius 1 is 1.32 bits per heavy atom. The highest BCUT2D eigenvalue weighted by Gasteiger charge is 2.23. The van der Waals surface area contributed by atoms with Crippen LogP contribution < -0.4 is 15.9 Å². The van der Waals surface area contributed by atoms with Gasteiger partial charge in [0.25, 0.3) is 17.5 Å². The molecule has 0 saturated heterocycles. The van der Waals surface area contributed by atoms with Gasteiger partial charge in [-0.1, -0.05) is 23.7 Å². The molecule has 0 unspecified atom stereocenters. The van der Waals surface area contributed by atoms with Crippen LogP contribution in [-0.4, -0.2) is 19.7 Å². The summed E-state index contributed by atoms with van der Waals surface area (Å²) in [5, 5.41) is 14.8. The van der Waals surface area contributed by atoms with Gasteiger partial charge in [0.1, 0.15) is 17.0 Å². The summed E-state index contributed by atoms with van der Waals surface area (Å²) < 4.78 is 32.9. The first-order chi connectivity index (χ1) is 13.4. The van der Waals surface area contributed by atoms with Crippen molar-refractivity contribution in [3.05, 3.63) is 79.3 Å². The van der Waals surface area contributed by atoms with Crippen LogP contribution in [-0.2, 0) is 6.54 Å². The van der Waals surface area contributed by atoms with E-state index in [1.807, 2.05) is 6.07 Å². The minimum Gasteiger partial charge on any atom is -0.448 e. The van der Waals surface area contributed by atoms with Crippen molar-refractivity contribution in [3.63, 3.8) is 0 Å². The van der Waals surface area contributed by atoms with Crippen LogP contribution in [0.4, 0.5) is 8.78 Å². The van der Waals surface area contributed by atoms with Gasteiger partial charge in [-0.2, -0.15) is 10.4 Å². The van der Waals surface area contributed by atoms with E-state index in [9.17, 15) is 18.4 Å². The molecule has 28 heavy (non-hydrogen) atoms. The van der Waals surface area contributed by atoms with Gasteiger partial charge in [0.2, 0.25) is 5.75 Å². The zero-order valence-corrected chi connectivity index (χ0v) is 14.7. The maximum atomic E-state index is 13.3. The molecule has 0 aliphatic rings. The van der Waals surface area contributed by atoms with E-state index in [4.69, 9.17) is 21.6 Å². The van der Waals surface area contributed by atoms with Crippen molar-refractivity contribution in [1.29, 1.82) is 5.26 Å². The third-order valence-corrected chi connectivity index (χ3v) is 3.83. The first-order valence-corrected chi connectivity index (χ1v) is 8.07. The molecule has 0 fully saturated rings. The second-order valence-corrected chi connectivity index (χ2v) is 5.83. The molecule has 0 aliphatic carbocycles. The van der Waals surface area contributed by atoms with E-state index < -0.39 is 29.0 Å². The second kappa shape index (κ2) is 7.98. The Bertz CT molecular complexity index is 1190. The molecule has 11 heteroatoms. The number of nitrogens with one attached hydrogen (secondary N) is 1. The van der Waals surface area contributed by atoms with Crippen LogP contribution in [0.1, 0.15) is 23.2 Å². The highest BCUT2D eigenvalue weighted by Crippen LogP contribution is 2.29. The molecule has 3 rings (SSSR count). The molecule has 142 valence electrons. The molecule has 3 aromatic rings. The molecule has 2 aromatic heterocycles. The van der Waals surface area contributed by atoms with Crippen molar-refractivity contribution >= 4 is 11.6 Å². The summed E-state index contributed by atoms with van der Waals surface area (Å²) >= 11 is 5.72. The summed E-state index contributed by atoms with van der Waals surface area (Å²) in [5.74, 6) is -0.815. The molecule has 0 saturated carbocycles. The monoisotopic (exact) mass is 405 g/mol. The zero-order chi connectivity index (χ0) is 20.3. The molecule has 0 radical (unpaired) electrons. The average molecular weight is 406 g/mol. The van der Waals surface area contributed by atoms with E-state index in [1.54, 1.807) is 6.07 Å². The predicted octanol–water partition coefficient (Wildman–Crippen LogP) is 2.63. The molecule has 0 amide bonds. The van der Waals surface area contributed by atoms with Crippen LogP contribution in [0, 0.1) is 11.3 Å². The number of halogens is 3. The van der Waals surface area contributed by atoms with Crippen molar-refractivity contribution in [2.45, 2.75) is 13.0 Å². The Balaban J connectivity index is 2.09. The van der Waals surface area contributed by atoms with E-state index in [-0.39, 0.29) is 28.6 Å². The Hall–Kier alpha value is -3.58. The number of para-hydroxylation sites is 1. The lowest BCUT2D eigenvalue weighted by Gasteiger charge is -2.13. The van der Waals surface area contributed by atoms with Crippen LogP contribution in [0.3, 0.4) is 0 Å². The minimum atomic E-state index is -3.09. The quantitative estimate of drug-likeness (QED) is 0.698. The fourth-order valence-corrected chi connectivity index (χ4v) is 2.50. The second-order valence-electron chi connectivity index (χ2n) is 5.45. The van der Waals surface area contributed by atoms with Crippen LogP contribution >= 0.6 is 11.6 Å². The summed E-state index contributed by atoms with van der Waals surface area (Å²) in [7, 11) is 0. The van der Waals surface area contributed by atoms with E-state index in [0.29, 0.717) is 0 Å². The van der Waals surface area contributed by atoms with Crippen LogP contribution in [0.15, 0.2) is 46.2 Å². The lowest BCUT2D eigenvalue weighted by atomic mass is 10.2. The Labute approximate surface area is 160 Å². The Morgan fingerprint density at radius 2 is 2.07 bits per heavy atom. The van der Waals surface area contributed by atoms with E-state index in [1.165, 1.54) is 24.3 Å². The summed E-state index contributed by atoms with van der Waals surface area (Å²) in [6, 6.07) is 8.92. The van der Waals surface area contributed by atoms with Gasteiger partial charge < -0.3 is 4.74 Å². The van der Waals surface area contributed by atoms with Crippen LogP contribution in [0.2, 0.25) is 5.15 Å². The van der Waals surface area contributed by atoms with Gasteiger partial charge in [0, 0.05) is 5.56 Å². The van der Waals surface area contributed by atoms with Gasteiger partial charge in [-0.05, 0) is 18.2 Å². The van der Waals surface area contributed by atoms with Gasteiger partial charge in [0.15, 0.2) is 5.69 Å². The van der Waals surface area contributed by atoms with Gasteiger partial charge >= 0.3 is 0 Å². The van der Waals surface area contributed by atoms with Gasteiger partial charge in [-0.15, -0.1) is 0 Å². The molecule has 0 bridgehead atoms. The van der Waals surface area contributed by atoms with Crippen molar-refractivity contribution in [3.8, 4) is 17.6 Å². The predicted molar refractivity (Wildman–Crippen MR) is 93.7 cm³/mol. The molecule has 2 heterocycles. The zero-order valence-electron chi connectivity index (χ0n) is 13.9. The topological polar surface area (TPSA) is 114 Å². The first-order valence-electron chi connectivity index (χ1n) is 7.69. The third kappa shape index (κ3) is 3.89. The number of nitriles is 1. The van der Waals surface area contributed by atoms with Gasteiger partial charge in [-0.25, -0.2) is 18.9 Å². The largest absolute Gasteiger partial charge is 0.448 e. The minimum absolute atomic E-state index is 0.0146. The number of aromatic amines is 1. The lowest BCUT2D eigenvalue weighted by Crippen LogP contribution is -2.27. The smallest absolute Gasteiger partial charge is 0.297 e. The molecule has 0 aliphatic heterocycles. The fraction of sp³-hybridized carbons (Fsp3) is 0.118. The molecule has 8 nitrogen and oxygen atoms in total. The van der Waals surface area contributed by atoms with E-state index >= 15 is 0 Å². The number of hydrogen-bond donors (Lipinski definition) is 1. The normalized spacial score (nSPS) is 10.7. The number of hydrogen-bond acceptors (Lipinski definition) is 6. The SMILES string of the molecule is N#Cc1ccccc1Oc1c(C(F)F)ncn(Cc2cc(Cl)n[nH]c2=O)c1=O. The number of aromatic nitrogens is 4. The summed E-state index contributed by atoms with van der Waals surface area (Å²) in [4.78, 5) is 28.1. The number of rotatable bonds is 5. The standard InChI is InChI=1S/C17H10ClF2N5O3/c18-12-5-10(16(26)24-23-12)7-25-8-22-13(15(19)20)14(17(25)27)28-11-4-2-1-3-9(11)6-21/h1-5,8,15H,7H2,(H,24,26). The number of benzene rings is 1. The van der Waals surface area contributed by atoms with Gasteiger partial charge in [-0.3, -0.25) is 14.2 Å². The molecule has 1 N–H and O–H groups in total. The van der Waals surface area contributed by atoms with Crippen molar-refractivity contribution in [2.24, 2.45) is 0 Å². The van der Waals surface area contributed by atoms with E-state index in [0.717, 1.165) is 10.9 Å². The Kier molecular flexibility index (Phi) is 5.47. The summed E-state index contributed by atoms with van der Waals surface area (Å²) in [6.07, 6.45) is -2.22. The number of ether oxygens (including phenoxy) is 1. The summed E-state index contributed by atoms with van der Waals surface area (Å²) in [6.45, 7) is -0.302. The fourth-order valence-electron chi connectivity index (χ4n) is 2.32. The maximum Gasteiger partial charge on any atom is 0.297 e. The number of nitrogens with zero attached hydrogens (tertiary/aromatic N) is 4. The molecule has 0 atom stereocenters. The maximum absolute atomic E-state index is 13.3. The molecular weight excluding hydrogens is 396 g/mol. The van der Waals surface area contributed by atoms with Crippen LogP contribution in [0.5, 0.6) is 11.5 Å².